The van der Waals surface area contributed by atoms with Gasteiger partial charge >= 0.3 is 0 Å². The van der Waals surface area contributed by atoms with E-state index in [1.165, 1.54) is 18.3 Å². The van der Waals surface area contributed by atoms with Gasteiger partial charge in [-0.2, -0.15) is 0 Å². The number of anilines is 1. The lowest BCUT2D eigenvalue weighted by Crippen LogP contribution is -2.18. The van der Waals surface area contributed by atoms with Gasteiger partial charge in [0.2, 0.25) is 5.91 Å². The summed E-state index contributed by atoms with van der Waals surface area (Å²) in [4.78, 5) is 16.1. The number of aryl methyl sites for hydroxylation is 1. The summed E-state index contributed by atoms with van der Waals surface area (Å²) >= 11 is 2.65. The number of carbonyl (C=O) groups excluding carboxylic acids is 1. The van der Waals surface area contributed by atoms with E-state index in [1.54, 1.807) is 30.3 Å². The minimum atomic E-state index is -3.65. The Balaban J connectivity index is 1.80. The lowest BCUT2D eigenvalue weighted by Gasteiger charge is -2.06. The van der Waals surface area contributed by atoms with E-state index in [-0.39, 0.29) is 10.1 Å². The summed E-state index contributed by atoms with van der Waals surface area (Å²) in [6.45, 7) is 3.66. The summed E-state index contributed by atoms with van der Waals surface area (Å²) in [5, 5.41) is 3.59. The maximum absolute atomic E-state index is 12.5. The lowest BCUT2D eigenvalue weighted by molar-refractivity contribution is -0.119. The van der Waals surface area contributed by atoms with Gasteiger partial charge in [-0.15, -0.1) is 22.7 Å². The van der Waals surface area contributed by atoms with Gasteiger partial charge in [0.1, 0.15) is 4.21 Å². The molecule has 0 aliphatic heterocycles. The Morgan fingerprint density at radius 1 is 1.21 bits per heavy atom. The fourth-order valence-corrected chi connectivity index (χ4v) is 5.33. The third-order valence-electron chi connectivity index (χ3n) is 3.16. The van der Waals surface area contributed by atoms with E-state index in [0.717, 1.165) is 31.4 Å². The maximum Gasteiger partial charge on any atom is 0.271 e. The van der Waals surface area contributed by atoms with E-state index in [0.29, 0.717) is 12.2 Å². The molecule has 1 amide bonds. The predicted molar refractivity (Wildman–Crippen MR) is 97.0 cm³/mol. The summed E-state index contributed by atoms with van der Waals surface area (Å²) in [6.07, 6.45) is 0. The first-order valence-corrected chi connectivity index (χ1v) is 10.2. The standard InChI is InChI=1S/C15H15N3O3S3/c1-9(19)16-8-12-4-6-15(23-12)24(20,21)18-11-3-5-13-14(7-11)22-10(2)17-13/h3-7,18H,8H2,1-2H3,(H,16,19). The average molecular weight is 382 g/mol. The number of rotatable bonds is 5. The number of sulfonamides is 1. The summed E-state index contributed by atoms with van der Waals surface area (Å²) in [5.41, 5.74) is 1.36. The first-order chi connectivity index (χ1) is 11.3. The number of nitrogens with one attached hydrogen (secondary N) is 2. The third-order valence-corrected chi connectivity index (χ3v) is 7.05. The number of thiophene rings is 1. The Morgan fingerprint density at radius 2 is 2.00 bits per heavy atom. The van der Waals surface area contributed by atoms with Gasteiger partial charge in [-0.05, 0) is 37.3 Å². The Kier molecular flexibility index (Phi) is 4.57. The van der Waals surface area contributed by atoms with Crippen molar-refractivity contribution in [2.75, 3.05) is 4.72 Å². The molecule has 3 aromatic rings. The summed E-state index contributed by atoms with van der Waals surface area (Å²) < 4.78 is 28.7. The number of hydrogen-bond donors (Lipinski definition) is 2. The number of thiazole rings is 1. The second kappa shape index (κ2) is 6.50. The van der Waals surface area contributed by atoms with Crippen molar-refractivity contribution in [1.82, 2.24) is 10.3 Å². The van der Waals surface area contributed by atoms with Crippen molar-refractivity contribution in [3.05, 3.63) is 40.2 Å². The maximum atomic E-state index is 12.5. The molecule has 0 spiro atoms. The number of amides is 1. The van der Waals surface area contributed by atoms with Crippen LogP contribution in [0.25, 0.3) is 10.2 Å². The van der Waals surface area contributed by atoms with Crippen molar-refractivity contribution in [2.24, 2.45) is 0 Å². The van der Waals surface area contributed by atoms with Crippen LogP contribution in [-0.4, -0.2) is 19.3 Å². The Bertz CT molecular complexity index is 1010. The SMILES string of the molecule is CC(=O)NCc1ccc(S(=O)(=O)Nc2ccc3nc(C)sc3c2)s1. The molecule has 2 aromatic heterocycles. The molecule has 126 valence electrons. The number of hydrogen-bond acceptors (Lipinski definition) is 6. The molecule has 0 radical (unpaired) electrons. The summed E-state index contributed by atoms with van der Waals surface area (Å²) in [5.74, 6) is -0.154. The van der Waals surface area contributed by atoms with E-state index in [9.17, 15) is 13.2 Å². The van der Waals surface area contributed by atoms with Crippen LogP contribution in [0.1, 0.15) is 16.8 Å². The molecule has 6 nitrogen and oxygen atoms in total. The first-order valence-electron chi connectivity index (χ1n) is 7.07. The molecule has 0 aliphatic carbocycles. The van der Waals surface area contributed by atoms with E-state index in [4.69, 9.17) is 0 Å². The molecule has 0 fully saturated rings. The average Bonchev–Trinajstić information content (AvgIpc) is 3.10. The van der Waals surface area contributed by atoms with E-state index in [2.05, 4.69) is 15.0 Å². The first kappa shape index (κ1) is 16.9. The topological polar surface area (TPSA) is 88.2 Å². The molecule has 0 atom stereocenters. The second-order valence-corrected chi connectivity index (χ2v) is 9.46. The number of nitrogens with zero attached hydrogens (tertiary/aromatic N) is 1. The molecule has 24 heavy (non-hydrogen) atoms. The van der Waals surface area contributed by atoms with Crippen LogP contribution < -0.4 is 10.0 Å². The van der Waals surface area contributed by atoms with Crippen LogP contribution in [0.2, 0.25) is 0 Å². The molecule has 0 saturated heterocycles. The fourth-order valence-electron chi connectivity index (χ4n) is 2.12. The molecule has 0 aliphatic rings. The van der Waals surface area contributed by atoms with Crippen molar-refractivity contribution in [2.45, 2.75) is 24.6 Å². The molecule has 0 bridgehead atoms. The zero-order valence-electron chi connectivity index (χ0n) is 13.0. The molecule has 0 saturated carbocycles. The molecule has 9 heteroatoms. The van der Waals surface area contributed by atoms with Crippen LogP contribution in [0.5, 0.6) is 0 Å². The number of carbonyl (C=O) groups is 1. The predicted octanol–water partition coefficient (Wildman–Crippen LogP) is 3.10. The van der Waals surface area contributed by atoms with E-state index in [1.807, 2.05) is 6.92 Å². The normalized spacial score (nSPS) is 11.6. The minimum absolute atomic E-state index is 0.154. The van der Waals surface area contributed by atoms with Crippen molar-refractivity contribution in [1.29, 1.82) is 0 Å². The van der Waals surface area contributed by atoms with Gasteiger partial charge in [0.25, 0.3) is 10.0 Å². The summed E-state index contributed by atoms with van der Waals surface area (Å²) in [6, 6.07) is 8.52. The molecule has 1 aromatic carbocycles. The van der Waals surface area contributed by atoms with Crippen molar-refractivity contribution >= 4 is 54.5 Å². The van der Waals surface area contributed by atoms with Gasteiger partial charge in [0.15, 0.2) is 0 Å². The van der Waals surface area contributed by atoms with Crippen molar-refractivity contribution < 1.29 is 13.2 Å². The van der Waals surface area contributed by atoms with Gasteiger partial charge in [0, 0.05) is 11.8 Å². The zero-order chi connectivity index (χ0) is 17.3. The Morgan fingerprint density at radius 3 is 2.75 bits per heavy atom. The van der Waals surface area contributed by atoms with Crippen LogP contribution in [0.3, 0.4) is 0 Å². The number of fused-ring (bicyclic) bond motifs is 1. The molecule has 0 unspecified atom stereocenters. The monoisotopic (exact) mass is 381 g/mol. The highest BCUT2D eigenvalue weighted by molar-refractivity contribution is 7.94. The highest BCUT2D eigenvalue weighted by atomic mass is 32.2. The van der Waals surface area contributed by atoms with Gasteiger partial charge in [-0.1, -0.05) is 0 Å². The van der Waals surface area contributed by atoms with Crippen molar-refractivity contribution in [3.8, 4) is 0 Å². The molecule has 3 rings (SSSR count). The van der Waals surface area contributed by atoms with Gasteiger partial charge in [0.05, 0.1) is 27.5 Å². The van der Waals surface area contributed by atoms with Gasteiger partial charge < -0.3 is 5.32 Å². The summed E-state index contributed by atoms with van der Waals surface area (Å²) in [7, 11) is -3.65. The van der Waals surface area contributed by atoms with Crippen molar-refractivity contribution in [3.63, 3.8) is 0 Å². The third kappa shape index (κ3) is 3.74. The highest BCUT2D eigenvalue weighted by Gasteiger charge is 2.17. The Labute approximate surface area is 147 Å². The Hall–Kier alpha value is -1.97. The second-order valence-electron chi connectivity index (χ2n) is 5.15. The van der Waals surface area contributed by atoms with Crippen LogP contribution in [0.15, 0.2) is 34.5 Å². The molecular weight excluding hydrogens is 366 g/mol. The molecule has 2 N–H and O–H groups in total. The molecular formula is C15H15N3O3S3. The largest absolute Gasteiger partial charge is 0.351 e. The smallest absolute Gasteiger partial charge is 0.271 e. The minimum Gasteiger partial charge on any atom is -0.351 e. The van der Waals surface area contributed by atoms with Gasteiger partial charge in [-0.25, -0.2) is 13.4 Å². The highest BCUT2D eigenvalue weighted by Crippen LogP contribution is 2.28. The van der Waals surface area contributed by atoms with Crippen LogP contribution >= 0.6 is 22.7 Å². The number of benzene rings is 1. The molecule has 2 heterocycles. The van der Waals surface area contributed by atoms with Crippen LogP contribution in [0, 0.1) is 6.92 Å². The van der Waals surface area contributed by atoms with E-state index >= 15 is 0 Å². The fraction of sp³-hybridized carbons (Fsp3) is 0.200. The van der Waals surface area contributed by atoms with Crippen LogP contribution in [-0.2, 0) is 21.4 Å². The van der Waals surface area contributed by atoms with E-state index < -0.39 is 10.0 Å². The zero-order valence-corrected chi connectivity index (χ0v) is 15.4. The van der Waals surface area contributed by atoms with Crippen LogP contribution in [0.4, 0.5) is 5.69 Å². The quantitative estimate of drug-likeness (QED) is 0.711. The lowest BCUT2D eigenvalue weighted by atomic mass is 10.3. The number of aromatic nitrogens is 1. The van der Waals surface area contributed by atoms with Gasteiger partial charge in [-0.3, -0.25) is 9.52 Å².